The zero-order valence-electron chi connectivity index (χ0n) is 17.0. The lowest BCUT2D eigenvalue weighted by atomic mass is 9.66. The maximum absolute atomic E-state index is 13.2. The van der Waals surface area contributed by atoms with Crippen LogP contribution in [-0.4, -0.2) is 28.7 Å². The zero-order valence-corrected chi connectivity index (χ0v) is 17.0. The maximum atomic E-state index is 13.2. The second-order valence-corrected chi connectivity index (χ2v) is 8.64. The lowest BCUT2D eigenvalue weighted by molar-refractivity contribution is -0.138. The highest BCUT2D eigenvalue weighted by Crippen LogP contribution is 2.50. The molecule has 1 N–H and O–H groups in total. The van der Waals surface area contributed by atoms with E-state index in [9.17, 15) is 13.2 Å². The third kappa shape index (κ3) is 4.52. The fraction of sp³-hybridized carbons (Fsp3) is 0.565. The summed E-state index contributed by atoms with van der Waals surface area (Å²) in [6.45, 7) is 1.50. The third-order valence-corrected chi connectivity index (χ3v) is 6.76. The van der Waals surface area contributed by atoms with E-state index in [2.05, 4.69) is 27.4 Å². The number of pyridine rings is 2. The summed E-state index contributed by atoms with van der Waals surface area (Å²) in [5.74, 6) is 0. The summed E-state index contributed by atoms with van der Waals surface area (Å²) in [5, 5.41) is 3.24. The molecule has 4 nitrogen and oxygen atoms in total. The van der Waals surface area contributed by atoms with E-state index in [0.717, 1.165) is 44.8 Å². The van der Waals surface area contributed by atoms with E-state index in [0.29, 0.717) is 6.54 Å². The molecule has 1 aliphatic heterocycles. The van der Waals surface area contributed by atoms with Crippen LogP contribution in [0.4, 0.5) is 13.2 Å². The summed E-state index contributed by atoms with van der Waals surface area (Å²) < 4.78 is 45.9. The predicted molar refractivity (Wildman–Crippen MR) is 108 cm³/mol. The van der Waals surface area contributed by atoms with Crippen molar-refractivity contribution in [2.75, 3.05) is 13.2 Å². The van der Waals surface area contributed by atoms with Crippen LogP contribution in [-0.2, 0) is 22.9 Å². The van der Waals surface area contributed by atoms with Gasteiger partial charge >= 0.3 is 6.18 Å². The average Bonchev–Trinajstić information content (AvgIpc) is 3.19. The van der Waals surface area contributed by atoms with Crippen molar-refractivity contribution >= 4 is 0 Å². The van der Waals surface area contributed by atoms with Crippen LogP contribution < -0.4 is 5.32 Å². The van der Waals surface area contributed by atoms with E-state index in [1.165, 1.54) is 30.8 Å². The molecule has 0 radical (unpaired) electrons. The summed E-state index contributed by atoms with van der Waals surface area (Å²) in [5.41, 5.74) is 0.729. The van der Waals surface area contributed by atoms with Gasteiger partial charge in [0.2, 0.25) is 0 Å². The van der Waals surface area contributed by atoms with E-state index in [4.69, 9.17) is 4.74 Å². The summed E-state index contributed by atoms with van der Waals surface area (Å²) >= 11 is 0. The first-order valence-electron chi connectivity index (χ1n) is 10.7. The fourth-order valence-electron chi connectivity index (χ4n) is 5.26. The smallest absolute Gasteiger partial charge is 0.375 e. The lowest BCUT2D eigenvalue weighted by Crippen LogP contribution is -2.47. The molecule has 4 rings (SSSR count). The van der Waals surface area contributed by atoms with Gasteiger partial charge in [0, 0.05) is 43.4 Å². The van der Waals surface area contributed by atoms with E-state index in [1.807, 2.05) is 12.4 Å². The van der Waals surface area contributed by atoms with Crippen LogP contribution in [0, 0.1) is 0 Å². The van der Waals surface area contributed by atoms with Gasteiger partial charge in [-0.05, 0) is 68.0 Å². The monoisotopic (exact) mass is 419 g/mol. The Morgan fingerprint density at radius 3 is 2.47 bits per heavy atom. The van der Waals surface area contributed by atoms with Gasteiger partial charge in [0.1, 0.15) is 0 Å². The van der Waals surface area contributed by atoms with E-state index in [1.54, 1.807) is 0 Å². The van der Waals surface area contributed by atoms with Gasteiger partial charge in [-0.15, -0.1) is 0 Å². The Morgan fingerprint density at radius 2 is 1.73 bits per heavy atom. The Labute approximate surface area is 175 Å². The Balaban J connectivity index is 1.47. The van der Waals surface area contributed by atoms with Crippen molar-refractivity contribution in [2.45, 2.75) is 68.7 Å². The molecular weight excluding hydrogens is 391 g/mol. The number of halogens is 3. The van der Waals surface area contributed by atoms with Crippen molar-refractivity contribution in [1.82, 2.24) is 15.3 Å². The Kier molecular flexibility index (Phi) is 6.11. The second-order valence-electron chi connectivity index (χ2n) is 8.64. The van der Waals surface area contributed by atoms with Gasteiger partial charge in [-0.3, -0.25) is 9.97 Å². The fourth-order valence-corrected chi connectivity index (χ4v) is 5.26. The molecule has 2 aliphatic rings. The molecule has 2 fully saturated rings. The third-order valence-electron chi connectivity index (χ3n) is 6.76. The minimum Gasteiger partial charge on any atom is -0.375 e. The zero-order chi connectivity index (χ0) is 21.1. The number of ether oxygens (including phenoxy) is 1. The van der Waals surface area contributed by atoms with Crippen molar-refractivity contribution in [3.63, 3.8) is 0 Å². The van der Waals surface area contributed by atoms with Gasteiger partial charge in [0.25, 0.3) is 0 Å². The average molecular weight is 419 g/mol. The van der Waals surface area contributed by atoms with Gasteiger partial charge < -0.3 is 10.1 Å². The summed E-state index contributed by atoms with van der Waals surface area (Å²) in [7, 11) is 0. The molecule has 0 bridgehead atoms. The molecule has 0 aromatic carbocycles. The number of rotatable bonds is 6. The Bertz CT molecular complexity index is 837. The topological polar surface area (TPSA) is 47.0 Å². The molecule has 2 aromatic rings. The van der Waals surface area contributed by atoms with Crippen LogP contribution >= 0.6 is 0 Å². The molecule has 30 heavy (non-hydrogen) atoms. The molecule has 1 spiro atoms. The normalized spacial score (nSPS) is 23.7. The highest BCUT2D eigenvalue weighted by molar-refractivity contribution is 5.27. The van der Waals surface area contributed by atoms with Gasteiger partial charge in [0.15, 0.2) is 0 Å². The van der Waals surface area contributed by atoms with Gasteiger partial charge in [-0.25, -0.2) is 0 Å². The molecule has 0 amide bonds. The molecule has 1 saturated heterocycles. The maximum Gasteiger partial charge on any atom is 0.416 e. The Morgan fingerprint density at radius 1 is 1.00 bits per heavy atom. The second kappa shape index (κ2) is 8.63. The number of nitrogens with one attached hydrogen (secondary N) is 1. The number of nitrogens with zero attached hydrogens (tertiary/aromatic N) is 2. The highest BCUT2D eigenvalue weighted by Gasteiger charge is 2.47. The lowest BCUT2D eigenvalue weighted by Gasteiger charge is -2.47. The highest BCUT2D eigenvalue weighted by atomic mass is 19.4. The minimum absolute atomic E-state index is 0.0413. The van der Waals surface area contributed by atoms with Gasteiger partial charge in [-0.1, -0.05) is 12.8 Å². The molecule has 1 saturated carbocycles. The minimum atomic E-state index is -4.37. The van der Waals surface area contributed by atoms with Crippen LogP contribution in [0.1, 0.15) is 61.6 Å². The van der Waals surface area contributed by atoms with Gasteiger partial charge in [0.05, 0.1) is 11.2 Å². The quantitative estimate of drug-likeness (QED) is 0.667. The first-order valence-corrected chi connectivity index (χ1v) is 10.7. The van der Waals surface area contributed by atoms with E-state index < -0.39 is 11.7 Å². The SMILES string of the molecule is FC(F)(F)c1ccncc1CNCC[C@@]1(c2ccncc2)CCOC2(CCCC2)C1. The molecule has 2 aromatic heterocycles. The number of aromatic nitrogens is 2. The van der Waals surface area contributed by atoms with Gasteiger partial charge in [-0.2, -0.15) is 13.2 Å². The largest absolute Gasteiger partial charge is 0.416 e. The Hall–Kier alpha value is -1.99. The van der Waals surface area contributed by atoms with Crippen molar-refractivity contribution in [3.05, 3.63) is 59.7 Å². The molecule has 7 heteroatoms. The van der Waals surface area contributed by atoms with E-state index >= 15 is 0 Å². The summed E-state index contributed by atoms with van der Waals surface area (Å²) in [4.78, 5) is 8.04. The molecule has 1 atom stereocenters. The van der Waals surface area contributed by atoms with Crippen molar-refractivity contribution < 1.29 is 17.9 Å². The van der Waals surface area contributed by atoms with Crippen LogP contribution in [0.3, 0.4) is 0 Å². The molecule has 3 heterocycles. The van der Waals surface area contributed by atoms with Crippen molar-refractivity contribution in [1.29, 1.82) is 0 Å². The van der Waals surface area contributed by atoms with Crippen LogP contribution in [0.5, 0.6) is 0 Å². The van der Waals surface area contributed by atoms with Crippen molar-refractivity contribution in [3.8, 4) is 0 Å². The first kappa shape index (κ1) is 21.2. The van der Waals surface area contributed by atoms with Crippen LogP contribution in [0.25, 0.3) is 0 Å². The number of hydrogen-bond acceptors (Lipinski definition) is 4. The molecular formula is C23H28F3N3O. The molecule has 0 unspecified atom stereocenters. The molecule has 1 aliphatic carbocycles. The molecule has 162 valence electrons. The summed E-state index contributed by atoms with van der Waals surface area (Å²) in [6.07, 6.45) is 9.10. The van der Waals surface area contributed by atoms with E-state index in [-0.39, 0.29) is 23.1 Å². The first-order chi connectivity index (χ1) is 14.4. The number of alkyl halides is 3. The van der Waals surface area contributed by atoms with Crippen LogP contribution in [0.15, 0.2) is 43.0 Å². The standard InChI is InChI=1S/C23H28F3N3O/c24-23(25,26)20-5-12-28-15-18(20)16-29-13-8-21(19-3-10-27-11-4-19)9-14-30-22(17-21)6-1-2-7-22/h3-5,10-12,15,29H,1-2,6-9,13-14,16-17H2/t21-/m1/s1. The predicted octanol–water partition coefficient (Wildman–Crippen LogP) is 5.04. The summed E-state index contributed by atoms with van der Waals surface area (Å²) in [6, 6.07) is 5.20. The van der Waals surface area contributed by atoms with Crippen LogP contribution in [0.2, 0.25) is 0 Å². The number of hydrogen-bond donors (Lipinski definition) is 1. The van der Waals surface area contributed by atoms with Crippen molar-refractivity contribution in [2.24, 2.45) is 0 Å².